The van der Waals surface area contributed by atoms with Gasteiger partial charge in [0, 0.05) is 37.8 Å². The van der Waals surface area contributed by atoms with E-state index in [1.807, 2.05) is 26.0 Å². The van der Waals surface area contributed by atoms with Crippen LogP contribution in [0.1, 0.15) is 38.7 Å². The van der Waals surface area contributed by atoms with Crippen LogP contribution in [0.15, 0.2) is 30.5 Å². The van der Waals surface area contributed by atoms with Crippen LogP contribution < -0.4 is 4.74 Å². The fraction of sp³-hybridized carbons (Fsp3) is 0.625. The largest absolute Gasteiger partial charge is 0.496 e. The minimum atomic E-state index is 0.883. The zero-order chi connectivity index (χ0) is 20.9. The number of benzene rings is 1. The first-order valence-corrected chi connectivity index (χ1v) is 11.2. The SMILES string of the molecule is C1CCN(CCN2CCOCC2)CC1.CC.COc1ccnc2ccc(C)cc12. The third-order valence-corrected chi connectivity index (χ3v) is 5.36. The van der Waals surface area contributed by atoms with Crippen LogP contribution in [0.5, 0.6) is 5.75 Å². The molecule has 0 atom stereocenters. The van der Waals surface area contributed by atoms with E-state index in [2.05, 4.69) is 33.8 Å². The van der Waals surface area contributed by atoms with E-state index in [4.69, 9.17) is 9.47 Å². The molecule has 5 heteroatoms. The zero-order valence-corrected chi connectivity index (χ0v) is 18.8. The number of rotatable bonds is 4. The smallest absolute Gasteiger partial charge is 0.129 e. The second-order valence-corrected chi connectivity index (χ2v) is 7.39. The third kappa shape index (κ3) is 7.92. The van der Waals surface area contributed by atoms with Gasteiger partial charge in [0.25, 0.3) is 0 Å². The summed E-state index contributed by atoms with van der Waals surface area (Å²) in [4.78, 5) is 9.39. The highest BCUT2D eigenvalue weighted by molar-refractivity contribution is 5.85. The molecule has 1 aromatic heterocycles. The van der Waals surface area contributed by atoms with Crippen LogP contribution in [0.2, 0.25) is 0 Å². The predicted molar refractivity (Wildman–Crippen MR) is 122 cm³/mol. The van der Waals surface area contributed by atoms with Gasteiger partial charge in [-0.2, -0.15) is 0 Å². The van der Waals surface area contributed by atoms with Gasteiger partial charge in [-0.15, -0.1) is 0 Å². The van der Waals surface area contributed by atoms with Crippen LogP contribution in [-0.4, -0.2) is 74.4 Å². The number of morpholine rings is 1. The van der Waals surface area contributed by atoms with E-state index in [1.165, 1.54) is 51.0 Å². The molecule has 0 N–H and O–H groups in total. The van der Waals surface area contributed by atoms with Gasteiger partial charge in [0.1, 0.15) is 5.75 Å². The maximum absolute atomic E-state index is 5.34. The number of hydrogen-bond donors (Lipinski definition) is 0. The quantitative estimate of drug-likeness (QED) is 0.760. The Kier molecular flexibility index (Phi) is 11.0. The van der Waals surface area contributed by atoms with Crippen molar-refractivity contribution in [3.8, 4) is 5.75 Å². The molecule has 0 amide bonds. The Balaban J connectivity index is 0.000000191. The van der Waals surface area contributed by atoms with E-state index in [0.29, 0.717) is 0 Å². The lowest BCUT2D eigenvalue weighted by atomic mass is 10.1. The number of aromatic nitrogens is 1. The predicted octanol–water partition coefficient (Wildman–Crippen LogP) is 4.38. The van der Waals surface area contributed by atoms with Crippen molar-refractivity contribution >= 4 is 10.9 Å². The van der Waals surface area contributed by atoms with E-state index >= 15 is 0 Å². The molecule has 2 aliphatic rings. The lowest BCUT2D eigenvalue weighted by Gasteiger charge is -2.31. The van der Waals surface area contributed by atoms with E-state index in [-0.39, 0.29) is 0 Å². The fourth-order valence-electron chi connectivity index (χ4n) is 3.70. The maximum atomic E-state index is 5.34. The molecule has 2 aliphatic heterocycles. The minimum Gasteiger partial charge on any atom is -0.496 e. The Labute approximate surface area is 177 Å². The molecular formula is C24H39N3O2. The number of likely N-dealkylation sites (tertiary alicyclic amines) is 1. The van der Waals surface area contributed by atoms with Crippen molar-refractivity contribution in [3.05, 3.63) is 36.0 Å². The molecule has 0 spiro atoms. The minimum absolute atomic E-state index is 0.883. The first kappa shape index (κ1) is 23.6. The van der Waals surface area contributed by atoms with Crippen molar-refractivity contribution in [2.75, 3.05) is 59.6 Å². The third-order valence-electron chi connectivity index (χ3n) is 5.36. The second-order valence-electron chi connectivity index (χ2n) is 7.39. The number of pyridine rings is 1. The summed E-state index contributed by atoms with van der Waals surface area (Å²) in [7, 11) is 1.68. The van der Waals surface area contributed by atoms with Crippen molar-refractivity contribution < 1.29 is 9.47 Å². The summed E-state index contributed by atoms with van der Waals surface area (Å²) in [5.41, 5.74) is 2.20. The van der Waals surface area contributed by atoms with Crippen LogP contribution >= 0.6 is 0 Å². The first-order valence-electron chi connectivity index (χ1n) is 11.2. The highest BCUT2D eigenvalue weighted by atomic mass is 16.5. The van der Waals surface area contributed by atoms with Gasteiger partial charge in [-0.3, -0.25) is 9.88 Å². The van der Waals surface area contributed by atoms with E-state index in [0.717, 1.165) is 43.0 Å². The van der Waals surface area contributed by atoms with Crippen LogP contribution in [-0.2, 0) is 4.74 Å². The summed E-state index contributed by atoms with van der Waals surface area (Å²) in [6.45, 7) is 15.3. The lowest BCUT2D eigenvalue weighted by Crippen LogP contribution is -2.42. The number of piperidine rings is 1. The topological polar surface area (TPSA) is 37.8 Å². The Morgan fingerprint density at radius 3 is 2.24 bits per heavy atom. The molecule has 4 rings (SSSR count). The van der Waals surface area contributed by atoms with E-state index < -0.39 is 0 Å². The average molecular weight is 402 g/mol. The molecule has 29 heavy (non-hydrogen) atoms. The Morgan fingerprint density at radius 1 is 0.931 bits per heavy atom. The molecule has 0 bridgehead atoms. The number of hydrogen-bond acceptors (Lipinski definition) is 5. The first-order chi connectivity index (χ1) is 14.3. The number of nitrogens with zero attached hydrogens (tertiary/aromatic N) is 3. The molecule has 2 fully saturated rings. The summed E-state index contributed by atoms with van der Waals surface area (Å²) in [5.74, 6) is 0.883. The van der Waals surface area contributed by atoms with Crippen LogP contribution in [0, 0.1) is 6.92 Å². The number of ether oxygens (including phenoxy) is 2. The zero-order valence-electron chi connectivity index (χ0n) is 18.8. The van der Waals surface area contributed by atoms with Gasteiger partial charge < -0.3 is 14.4 Å². The summed E-state index contributed by atoms with van der Waals surface area (Å²) in [6, 6.07) is 8.02. The standard InChI is InChI=1S/C11H22N2O.C11H11NO.C2H6/c1-2-4-12(5-3-1)6-7-13-8-10-14-11-9-13;1-8-3-4-10-9(7-8)11(13-2)5-6-12-10;1-2/h1-11H2;3-7H,1-2H3;1-2H3. The van der Waals surface area contributed by atoms with Gasteiger partial charge in [0.05, 0.1) is 25.8 Å². The van der Waals surface area contributed by atoms with Crippen molar-refractivity contribution in [1.29, 1.82) is 0 Å². The molecule has 162 valence electrons. The van der Waals surface area contributed by atoms with Gasteiger partial charge in [0.15, 0.2) is 0 Å². The molecule has 1 aromatic carbocycles. The van der Waals surface area contributed by atoms with E-state index in [9.17, 15) is 0 Å². The Morgan fingerprint density at radius 2 is 1.59 bits per heavy atom. The molecule has 0 radical (unpaired) electrons. The molecule has 0 aliphatic carbocycles. The molecule has 0 unspecified atom stereocenters. The van der Waals surface area contributed by atoms with Crippen LogP contribution in [0.4, 0.5) is 0 Å². The lowest BCUT2D eigenvalue weighted by molar-refractivity contribution is 0.0324. The number of fused-ring (bicyclic) bond motifs is 1. The monoisotopic (exact) mass is 401 g/mol. The molecular weight excluding hydrogens is 362 g/mol. The van der Waals surface area contributed by atoms with Gasteiger partial charge in [-0.1, -0.05) is 31.9 Å². The molecule has 0 saturated carbocycles. The molecule has 3 heterocycles. The average Bonchev–Trinajstić information content (AvgIpc) is 2.80. The van der Waals surface area contributed by atoms with Crippen molar-refractivity contribution in [3.63, 3.8) is 0 Å². The van der Waals surface area contributed by atoms with Crippen LogP contribution in [0.3, 0.4) is 0 Å². The number of aryl methyl sites for hydroxylation is 1. The van der Waals surface area contributed by atoms with Crippen LogP contribution in [0.25, 0.3) is 10.9 Å². The fourth-order valence-corrected chi connectivity index (χ4v) is 3.70. The summed E-state index contributed by atoms with van der Waals surface area (Å²) < 4.78 is 10.6. The molecule has 2 aromatic rings. The highest BCUT2D eigenvalue weighted by Gasteiger charge is 2.13. The van der Waals surface area contributed by atoms with Crippen molar-refractivity contribution in [1.82, 2.24) is 14.8 Å². The molecule has 5 nitrogen and oxygen atoms in total. The second kappa shape index (κ2) is 13.5. The van der Waals surface area contributed by atoms with Gasteiger partial charge in [0.2, 0.25) is 0 Å². The number of methoxy groups -OCH3 is 1. The van der Waals surface area contributed by atoms with E-state index in [1.54, 1.807) is 13.3 Å². The summed E-state index contributed by atoms with van der Waals surface area (Å²) >= 11 is 0. The molecule has 2 saturated heterocycles. The van der Waals surface area contributed by atoms with Gasteiger partial charge >= 0.3 is 0 Å². The van der Waals surface area contributed by atoms with Gasteiger partial charge in [-0.25, -0.2) is 0 Å². The summed E-state index contributed by atoms with van der Waals surface area (Å²) in [5, 5.41) is 1.07. The van der Waals surface area contributed by atoms with Gasteiger partial charge in [-0.05, 0) is 51.1 Å². The maximum Gasteiger partial charge on any atom is 0.129 e. The Hall–Kier alpha value is -1.69. The van der Waals surface area contributed by atoms with Crippen molar-refractivity contribution in [2.24, 2.45) is 0 Å². The normalized spacial score (nSPS) is 17.7. The highest BCUT2D eigenvalue weighted by Crippen LogP contribution is 2.23. The Bertz CT molecular complexity index is 678. The van der Waals surface area contributed by atoms with Crippen molar-refractivity contribution in [2.45, 2.75) is 40.0 Å². The summed E-state index contributed by atoms with van der Waals surface area (Å²) in [6.07, 6.45) is 6.01.